The molecule has 0 radical (unpaired) electrons. The van der Waals surface area contributed by atoms with Crippen molar-refractivity contribution in [3.8, 4) is 0 Å². The molecule has 0 bridgehead atoms. The minimum Gasteiger partial charge on any atom is -0.378 e. The van der Waals surface area contributed by atoms with Gasteiger partial charge in [0.05, 0.1) is 5.02 Å². The van der Waals surface area contributed by atoms with Gasteiger partial charge in [-0.2, -0.15) is 0 Å². The van der Waals surface area contributed by atoms with E-state index in [9.17, 15) is 8.42 Å². The van der Waals surface area contributed by atoms with Gasteiger partial charge < -0.3 is 4.90 Å². The molecule has 4 nitrogen and oxygen atoms in total. The van der Waals surface area contributed by atoms with Gasteiger partial charge in [0.15, 0.2) is 0 Å². The molecule has 2 rings (SSSR count). The number of nitrogens with zero attached hydrogens (tertiary/aromatic N) is 1. The van der Waals surface area contributed by atoms with Gasteiger partial charge in [-0.3, -0.25) is 4.72 Å². The minimum atomic E-state index is -3.67. The van der Waals surface area contributed by atoms with Crippen LogP contribution in [0.2, 0.25) is 5.02 Å². The molecule has 0 spiro atoms. The zero-order chi connectivity index (χ0) is 14.8. The Labute approximate surface area is 124 Å². The summed E-state index contributed by atoms with van der Waals surface area (Å²) in [5, 5.41) is 0.199. The fourth-order valence-electron chi connectivity index (χ4n) is 1.70. The summed E-state index contributed by atoms with van der Waals surface area (Å²) in [4.78, 5) is 2.00. The Morgan fingerprint density at radius 1 is 1.00 bits per heavy atom. The van der Waals surface area contributed by atoms with E-state index >= 15 is 0 Å². The van der Waals surface area contributed by atoms with E-state index < -0.39 is 10.0 Å². The molecule has 0 fully saturated rings. The van der Waals surface area contributed by atoms with Crippen LogP contribution in [-0.2, 0) is 10.0 Å². The third-order valence-corrected chi connectivity index (χ3v) is 4.64. The highest BCUT2D eigenvalue weighted by molar-refractivity contribution is 7.92. The number of benzene rings is 2. The summed E-state index contributed by atoms with van der Waals surface area (Å²) in [5.74, 6) is 0. The molecular weight excluding hydrogens is 296 g/mol. The van der Waals surface area contributed by atoms with E-state index in [1.165, 1.54) is 6.07 Å². The molecule has 0 saturated heterocycles. The van der Waals surface area contributed by atoms with Crippen LogP contribution in [0.3, 0.4) is 0 Å². The topological polar surface area (TPSA) is 49.4 Å². The smallest absolute Gasteiger partial charge is 0.263 e. The molecule has 0 aliphatic carbocycles. The fraction of sp³-hybridized carbons (Fsp3) is 0.143. The summed E-state index contributed by atoms with van der Waals surface area (Å²) in [5.41, 5.74) is 1.49. The van der Waals surface area contributed by atoms with Crippen molar-refractivity contribution in [3.63, 3.8) is 0 Å². The summed E-state index contributed by atoms with van der Waals surface area (Å²) in [6, 6.07) is 13.4. The predicted molar refractivity (Wildman–Crippen MR) is 83.0 cm³/mol. The Balaban J connectivity index is 2.27. The Hall–Kier alpha value is -1.72. The van der Waals surface area contributed by atoms with Crippen LogP contribution in [0.5, 0.6) is 0 Å². The number of nitrogens with one attached hydrogen (secondary N) is 1. The highest BCUT2D eigenvalue weighted by Crippen LogP contribution is 2.24. The molecule has 0 aliphatic rings. The van der Waals surface area contributed by atoms with Crippen molar-refractivity contribution in [1.82, 2.24) is 0 Å². The Morgan fingerprint density at radius 2 is 1.60 bits per heavy atom. The molecule has 0 heterocycles. The van der Waals surface area contributed by atoms with Gasteiger partial charge in [-0.15, -0.1) is 0 Å². The molecule has 0 atom stereocenters. The van der Waals surface area contributed by atoms with Crippen LogP contribution >= 0.6 is 11.6 Å². The molecule has 20 heavy (non-hydrogen) atoms. The second-order valence-electron chi connectivity index (χ2n) is 4.48. The number of rotatable bonds is 4. The number of hydrogen-bond donors (Lipinski definition) is 1. The first-order valence-electron chi connectivity index (χ1n) is 5.95. The summed E-state index contributed by atoms with van der Waals surface area (Å²) >= 11 is 5.92. The van der Waals surface area contributed by atoms with Gasteiger partial charge >= 0.3 is 0 Å². The van der Waals surface area contributed by atoms with E-state index in [2.05, 4.69) is 4.72 Å². The van der Waals surface area contributed by atoms with Crippen molar-refractivity contribution < 1.29 is 8.42 Å². The lowest BCUT2D eigenvalue weighted by Crippen LogP contribution is -2.14. The maximum absolute atomic E-state index is 12.2. The van der Waals surface area contributed by atoms with Crippen molar-refractivity contribution in [2.45, 2.75) is 4.90 Å². The lowest BCUT2D eigenvalue weighted by Gasteiger charge is -2.14. The monoisotopic (exact) mass is 310 g/mol. The van der Waals surface area contributed by atoms with Gasteiger partial charge in [0.2, 0.25) is 0 Å². The van der Waals surface area contributed by atoms with Gasteiger partial charge in [0.1, 0.15) is 4.90 Å². The van der Waals surface area contributed by atoms with Gasteiger partial charge in [-0.1, -0.05) is 23.7 Å². The van der Waals surface area contributed by atoms with E-state index in [0.717, 1.165) is 5.69 Å². The molecular formula is C14H15ClN2O2S. The van der Waals surface area contributed by atoms with E-state index in [0.29, 0.717) is 5.69 Å². The fourth-order valence-corrected chi connectivity index (χ4v) is 3.28. The maximum Gasteiger partial charge on any atom is 0.263 e. The third-order valence-electron chi connectivity index (χ3n) is 2.76. The zero-order valence-corrected chi connectivity index (χ0v) is 12.7. The standard InChI is InChI=1S/C14H15ClN2O2S/c1-17(2)12-9-7-11(8-10-12)16-20(18,19)14-6-4-3-5-13(14)15/h3-10,16H,1-2H3. The zero-order valence-electron chi connectivity index (χ0n) is 11.2. The molecule has 2 aromatic rings. The maximum atomic E-state index is 12.2. The summed E-state index contributed by atoms with van der Waals surface area (Å²) in [7, 11) is 0.166. The molecule has 0 unspecified atom stereocenters. The SMILES string of the molecule is CN(C)c1ccc(NS(=O)(=O)c2ccccc2Cl)cc1. The second-order valence-corrected chi connectivity index (χ2v) is 6.54. The van der Waals surface area contributed by atoms with Crippen molar-refractivity contribution in [2.24, 2.45) is 0 Å². The van der Waals surface area contributed by atoms with Crippen LogP contribution < -0.4 is 9.62 Å². The molecule has 0 aromatic heterocycles. The lowest BCUT2D eigenvalue weighted by atomic mass is 10.3. The highest BCUT2D eigenvalue weighted by Gasteiger charge is 2.17. The quantitative estimate of drug-likeness (QED) is 0.943. The molecule has 1 N–H and O–H groups in total. The minimum absolute atomic E-state index is 0.0679. The van der Waals surface area contributed by atoms with Crippen LogP contribution in [0.15, 0.2) is 53.4 Å². The Bertz CT molecular complexity index is 697. The molecule has 2 aromatic carbocycles. The first-order valence-corrected chi connectivity index (χ1v) is 7.81. The van der Waals surface area contributed by atoms with Crippen molar-refractivity contribution in [2.75, 3.05) is 23.7 Å². The van der Waals surface area contributed by atoms with Crippen molar-refractivity contribution in [1.29, 1.82) is 0 Å². The molecule has 0 aliphatic heterocycles. The van der Waals surface area contributed by atoms with Crippen LogP contribution in [0.4, 0.5) is 11.4 Å². The largest absolute Gasteiger partial charge is 0.378 e. The average Bonchev–Trinajstić information content (AvgIpc) is 2.39. The third kappa shape index (κ3) is 3.23. The number of hydrogen-bond acceptors (Lipinski definition) is 3. The van der Waals surface area contributed by atoms with E-state index in [-0.39, 0.29) is 9.92 Å². The van der Waals surface area contributed by atoms with Crippen LogP contribution in [0.25, 0.3) is 0 Å². The first kappa shape index (κ1) is 14.7. The highest BCUT2D eigenvalue weighted by atomic mass is 35.5. The molecule has 0 amide bonds. The Morgan fingerprint density at radius 3 is 2.15 bits per heavy atom. The summed E-state index contributed by atoms with van der Waals surface area (Å²) < 4.78 is 27.0. The average molecular weight is 311 g/mol. The number of anilines is 2. The van der Waals surface area contributed by atoms with Crippen LogP contribution in [0, 0.1) is 0 Å². The first-order chi connectivity index (χ1) is 9.40. The lowest BCUT2D eigenvalue weighted by molar-refractivity contribution is 0.601. The van der Waals surface area contributed by atoms with Crippen LogP contribution in [-0.4, -0.2) is 22.5 Å². The second kappa shape index (κ2) is 5.73. The van der Waals surface area contributed by atoms with Gasteiger partial charge in [-0.25, -0.2) is 8.42 Å². The van der Waals surface area contributed by atoms with Crippen molar-refractivity contribution >= 4 is 33.0 Å². The summed E-state index contributed by atoms with van der Waals surface area (Å²) in [6.07, 6.45) is 0. The number of halogens is 1. The van der Waals surface area contributed by atoms with Gasteiger partial charge in [-0.05, 0) is 36.4 Å². The van der Waals surface area contributed by atoms with Crippen LogP contribution in [0.1, 0.15) is 0 Å². The number of sulfonamides is 1. The molecule has 0 saturated carbocycles. The molecule has 6 heteroatoms. The van der Waals surface area contributed by atoms with E-state index in [4.69, 9.17) is 11.6 Å². The molecule has 106 valence electrons. The Kier molecular flexibility index (Phi) is 4.20. The summed E-state index contributed by atoms with van der Waals surface area (Å²) in [6.45, 7) is 0. The normalized spacial score (nSPS) is 11.2. The van der Waals surface area contributed by atoms with E-state index in [1.54, 1.807) is 30.3 Å². The van der Waals surface area contributed by atoms with Gasteiger partial charge in [0.25, 0.3) is 10.0 Å². The van der Waals surface area contributed by atoms with E-state index in [1.807, 2.05) is 31.1 Å². The van der Waals surface area contributed by atoms with Crippen molar-refractivity contribution in [3.05, 3.63) is 53.6 Å². The predicted octanol–water partition coefficient (Wildman–Crippen LogP) is 3.21. The van der Waals surface area contributed by atoms with Gasteiger partial charge in [0, 0.05) is 25.5 Å².